The molecule has 8 heteroatoms. The van der Waals surface area contributed by atoms with Crippen LogP contribution in [-0.2, 0) is 20.1 Å². The number of nitrogens with zero attached hydrogens (tertiary/aromatic N) is 7. The fourth-order valence-electron chi connectivity index (χ4n) is 10.7. The van der Waals surface area contributed by atoms with Gasteiger partial charge in [-0.25, -0.2) is 9.97 Å². The third-order valence-electron chi connectivity index (χ3n) is 14.7. The molecule has 6 heterocycles. The second-order valence-corrected chi connectivity index (χ2v) is 20.1. The largest absolute Gasteiger partial charge is 3.00 e. The number of fused-ring (bicyclic) bond motifs is 6. The van der Waals surface area contributed by atoms with Gasteiger partial charge in [0.15, 0.2) is 5.82 Å². The molecular weight excluding hydrogens is 1240 g/mol. The van der Waals surface area contributed by atoms with Crippen molar-refractivity contribution in [2.45, 2.75) is 0 Å². The Kier molecular flexibility index (Phi) is 17.6. The van der Waals surface area contributed by atoms with E-state index in [0.717, 1.165) is 95.3 Å². The molecule has 0 saturated carbocycles. The van der Waals surface area contributed by atoms with Gasteiger partial charge in [-0.05, 0) is 83.8 Å². The zero-order chi connectivity index (χ0) is 57.7. The molecule has 0 radical (unpaired) electrons. The van der Waals surface area contributed by atoms with Gasteiger partial charge in [0.1, 0.15) is 0 Å². The second-order valence-electron chi connectivity index (χ2n) is 20.1. The summed E-state index contributed by atoms with van der Waals surface area (Å²) >= 11 is 0. The summed E-state index contributed by atoms with van der Waals surface area (Å²) in [7, 11) is 0. The van der Waals surface area contributed by atoms with Crippen LogP contribution in [0.15, 0.2) is 328 Å². The van der Waals surface area contributed by atoms with Crippen LogP contribution >= 0.6 is 0 Å². The van der Waals surface area contributed by atoms with Gasteiger partial charge in [-0.3, -0.25) is 0 Å². The number of benzene rings is 10. The third-order valence-corrected chi connectivity index (χ3v) is 14.7. The average Bonchev–Trinajstić information content (AvgIpc) is 1.72. The van der Waals surface area contributed by atoms with Crippen molar-refractivity contribution in [2.75, 3.05) is 0 Å². The molecule has 0 bridgehead atoms. The van der Waals surface area contributed by atoms with Crippen LogP contribution in [-0.4, -0.2) is 34.1 Å². The minimum Gasteiger partial charge on any atom is -0.309 e. The van der Waals surface area contributed by atoms with Crippen LogP contribution in [0.4, 0.5) is 0 Å². The van der Waals surface area contributed by atoms with E-state index in [1.54, 1.807) is 18.6 Å². The number of pyridine rings is 3. The fraction of sp³-hybridized carbons (Fsp3) is 0. The van der Waals surface area contributed by atoms with E-state index in [2.05, 4.69) is 200 Å². The van der Waals surface area contributed by atoms with Crippen LogP contribution < -0.4 is 0 Å². The van der Waals surface area contributed by atoms with Crippen molar-refractivity contribution in [1.29, 1.82) is 0 Å². The number of rotatable bonds is 8. The summed E-state index contributed by atoms with van der Waals surface area (Å²) in [5.74, 6) is 0.697. The van der Waals surface area contributed by atoms with E-state index in [9.17, 15) is 0 Å². The zero-order valence-electron chi connectivity index (χ0n) is 47.1. The fourth-order valence-corrected chi connectivity index (χ4v) is 10.7. The first-order chi connectivity index (χ1) is 42.7. The van der Waals surface area contributed by atoms with Gasteiger partial charge >= 0.3 is 20.1 Å². The molecule has 10 aromatic carbocycles. The van der Waals surface area contributed by atoms with E-state index < -0.39 is 0 Å². The first kappa shape index (κ1) is 56.5. The maximum Gasteiger partial charge on any atom is 3.00 e. The molecule has 0 saturated heterocycles. The molecule has 87 heavy (non-hydrogen) atoms. The van der Waals surface area contributed by atoms with Crippen molar-refractivity contribution >= 4 is 43.6 Å². The van der Waals surface area contributed by atoms with Crippen molar-refractivity contribution in [3.8, 4) is 79.0 Å². The molecular formula is C79H54IrN7. The Bertz CT molecular complexity index is 4250. The first-order valence-corrected chi connectivity index (χ1v) is 28.5. The van der Waals surface area contributed by atoms with Gasteiger partial charge in [-0.2, -0.15) is 0 Å². The summed E-state index contributed by atoms with van der Waals surface area (Å²) in [6.45, 7) is 0. The monoisotopic (exact) mass is 1290 g/mol. The molecule has 0 amide bonds. The minimum absolute atomic E-state index is 0. The van der Waals surface area contributed by atoms with E-state index in [1.807, 2.05) is 152 Å². The quantitative estimate of drug-likeness (QED) is 0.142. The molecule has 7 nitrogen and oxygen atoms in total. The van der Waals surface area contributed by atoms with Crippen LogP contribution in [0.1, 0.15) is 0 Å². The Hall–Kier alpha value is -11.0. The Morgan fingerprint density at radius 3 is 0.920 bits per heavy atom. The van der Waals surface area contributed by atoms with E-state index >= 15 is 0 Å². The Labute approximate surface area is 519 Å². The van der Waals surface area contributed by atoms with Crippen LogP contribution in [0, 0.1) is 18.2 Å². The molecule has 0 aliphatic heterocycles. The van der Waals surface area contributed by atoms with Crippen molar-refractivity contribution in [3.63, 3.8) is 0 Å². The summed E-state index contributed by atoms with van der Waals surface area (Å²) in [5.41, 5.74) is 17.6. The first-order valence-electron chi connectivity index (χ1n) is 28.5. The molecule has 0 fully saturated rings. The summed E-state index contributed by atoms with van der Waals surface area (Å²) < 4.78 is 4.78. The second kappa shape index (κ2) is 27.1. The van der Waals surface area contributed by atoms with Gasteiger partial charge < -0.3 is 24.1 Å². The van der Waals surface area contributed by atoms with Gasteiger partial charge in [-0.15, -0.1) is 108 Å². The topological polar surface area (TPSA) is 74.3 Å². The molecule has 6 aromatic heterocycles. The van der Waals surface area contributed by atoms with Gasteiger partial charge in [0.25, 0.3) is 0 Å². The third kappa shape index (κ3) is 12.7. The van der Waals surface area contributed by atoms with Crippen LogP contribution in [0.2, 0.25) is 0 Å². The van der Waals surface area contributed by atoms with Crippen LogP contribution in [0.5, 0.6) is 0 Å². The molecule has 16 aromatic rings. The normalized spacial score (nSPS) is 10.7. The molecule has 0 unspecified atom stereocenters. The molecule has 0 atom stereocenters. The van der Waals surface area contributed by atoms with E-state index in [4.69, 9.17) is 9.97 Å². The van der Waals surface area contributed by atoms with Gasteiger partial charge in [0.2, 0.25) is 0 Å². The van der Waals surface area contributed by atoms with Crippen molar-refractivity contribution in [1.82, 2.24) is 34.1 Å². The molecule has 414 valence electrons. The molecule has 0 N–H and O–H groups in total. The Morgan fingerprint density at radius 1 is 0.253 bits per heavy atom. The zero-order valence-corrected chi connectivity index (χ0v) is 49.5. The van der Waals surface area contributed by atoms with Crippen molar-refractivity contribution < 1.29 is 20.1 Å². The maximum atomic E-state index is 5.26. The number of aromatic nitrogens is 7. The molecule has 0 spiro atoms. The standard InChI is InChI=1S/C46H30N4.3C11H8N.Ir/c1-3-15-31(16-4-1)40-30-41(48-46(47-40)32-17-5-2-6-18-32)33-27-34(49-42-23-11-7-19-36(42)37-20-8-12-24-43(37)49)29-35(28-33)50-44-25-13-9-21-38(44)39-22-10-14-26-45(39)50;3*1-2-6-10(7-3-1)11-8-4-5-9-12-11;/h1-30H;3*1-6,8-9H;/q;3*-1;+3. The predicted molar refractivity (Wildman–Crippen MR) is 353 cm³/mol. The summed E-state index contributed by atoms with van der Waals surface area (Å²) in [5, 5.41) is 4.91. The van der Waals surface area contributed by atoms with Crippen LogP contribution in [0.25, 0.3) is 123 Å². The van der Waals surface area contributed by atoms with Gasteiger partial charge in [0.05, 0.1) is 33.5 Å². The van der Waals surface area contributed by atoms with Crippen molar-refractivity contribution in [3.05, 3.63) is 346 Å². The smallest absolute Gasteiger partial charge is 0.309 e. The Morgan fingerprint density at radius 2 is 0.575 bits per heavy atom. The molecule has 16 rings (SSSR count). The average molecular weight is 1290 g/mol. The SMILES string of the molecule is [Ir+3].[c-]1ccccc1-c1ccccn1.[c-]1ccccc1-c1ccccn1.[c-]1ccccc1-c1ccccn1.c1ccc(-c2cc(-c3cc(-n4c5ccccc5c5ccccc54)cc(-n4c5ccccc5c5ccccc54)c3)nc(-c3ccccc3)n2)cc1. The number of hydrogen-bond donors (Lipinski definition) is 0. The number of para-hydroxylation sites is 4. The Balaban J connectivity index is 0.000000159. The molecule has 0 aliphatic carbocycles. The van der Waals surface area contributed by atoms with E-state index in [0.29, 0.717) is 5.82 Å². The van der Waals surface area contributed by atoms with E-state index in [-0.39, 0.29) is 20.1 Å². The molecule has 0 aliphatic rings. The predicted octanol–water partition coefficient (Wildman–Crippen LogP) is 19.3. The van der Waals surface area contributed by atoms with Gasteiger partial charge in [0, 0.05) is 68.2 Å². The summed E-state index contributed by atoms with van der Waals surface area (Å²) in [6, 6.07) is 115. The van der Waals surface area contributed by atoms with Gasteiger partial charge in [-0.1, -0.05) is 170 Å². The maximum absolute atomic E-state index is 5.26. The number of hydrogen-bond acceptors (Lipinski definition) is 5. The summed E-state index contributed by atoms with van der Waals surface area (Å²) in [4.78, 5) is 23.0. The summed E-state index contributed by atoms with van der Waals surface area (Å²) in [6.07, 6.45) is 5.36. The van der Waals surface area contributed by atoms with Crippen LogP contribution in [0.3, 0.4) is 0 Å². The van der Waals surface area contributed by atoms with Crippen molar-refractivity contribution in [2.24, 2.45) is 0 Å². The van der Waals surface area contributed by atoms with E-state index in [1.165, 1.54) is 21.5 Å². The minimum atomic E-state index is 0.